The van der Waals surface area contributed by atoms with E-state index < -0.39 is 10.0 Å². The van der Waals surface area contributed by atoms with Crippen molar-refractivity contribution in [1.82, 2.24) is 14.9 Å². The molecule has 0 saturated carbocycles. The normalized spacial score (nSPS) is 12.4. The van der Waals surface area contributed by atoms with Gasteiger partial charge in [-0.15, -0.1) is 0 Å². The second-order valence-electron chi connectivity index (χ2n) is 5.64. The van der Waals surface area contributed by atoms with Gasteiger partial charge in [-0.05, 0) is 44.4 Å². The van der Waals surface area contributed by atoms with E-state index in [0.29, 0.717) is 19.5 Å². The highest BCUT2D eigenvalue weighted by molar-refractivity contribution is 7.89. The summed E-state index contributed by atoms with van der Waals surface area (Å²) in [7, 11) is -1.51. The topological polar surface area (TPSA) is 73.8 Å². The Morgan fingerprint density at radius 3 is 2.68 bits per heavy atom. The molecule has 0 bridgehead atoms. The Kier molecular flexibility index (Phi) is 9.85. The average molecular weight is 389 g/mol. The molecule has 0 aliphatic carbocycles. The van der Waals surface area contributed by atoms with Crippen LogP contribution in [0.1, 0.15) is 25.8 Å². The van der Waals surface area contributed by atoms with E-state index in [1.165, 1.54) is 9.87 Å². The van der Waals surface area contributed by atoms with Crippen LogP contribution in [0.5, 0.6) is 0 Å². The fourth-order valence-corrected chi connectivity index (χ4v) is 3.26. The van der Waals surface area contributed by atoms with Crippen molar-refractivity contribution >= 4 is 27.6 Å². The molecule has 25 heavy (non-hydrogen) atoms. The first kappa shape index (κ1) is 21.7. The highest BCUT2D eigenvalue weighted by atomic mass is 35.5. The van der Waals surface area contributed by atoms with Gasteiger partial charge in [0.25, 0.3) is 0 Å². The van der Waals surface area contributed by atoms with Crippen LogP contribution in [0.3, 0.4) is 0 Å². The second kappa shape index (κ2) is 11.3. The minimum absolute atomic E-state index is 0.125. The number of halogens is 1. The number of hydrogen-bond acceptors (Lipinski definition) is 3. The van der Waals surface area contributed by atoms with Gasteiger partial charge in [-0.3, -0.25) is 4.99 Å². The zero-order valence-corrected chi connectivity index (χ0v) is 16.8. The van der Waals surface area contributed by atoms with Crippen molar-refractivity contribution in [3.8, 4) is 0 Å². The van der Waals surface area contributed by atoms with Crippen LogP contribution in [0.25, 0.3) is 0 Å². The lowest BCUT2D eigenvalue weighted by atomic mass is 10.1. The third-order valence-corrected chi connectivity index (χ3v) is 5.78. The maximum atomic E-state index is 11.7. The number of guanidine groups is 1. The molecule has 0 spiro atoms. The molecule has 0 radical (unpaired) electrons. The van der Waals surface area contributed by atoms with E-state index in [1.54, 1.807) is 14.0 Å². The third-order valence-electron chi connectivity index (χ3n) is 3.68. The summed E-state index contributed by atoms with van der Waals surface area (Å²) in [6, 6.07) is 7.80. The van der Waals surface area contributed by atoms with Crippen LogP contribution in [0, 0.1) is 0 Å². The van der Waals surface area contributed by atoms with E-state index in [2.05, 4.69) is 15.6 Å². The van der Waals surface area contributed by atoms with E-state index >= 15 is 0 Å². The van der Waals surface area contributed by atoms with Crippen LogP contribution >= 0.6 is 11.6 Å². The Morgan fingerprint density at radius 1 is 1.28 bits per heavy atom. The lowest BCUT2D eigenvalue weighted by Gasteiger charge is -2.15. The number of aliphatic imine (C=N–C) groups is 1. The first-order chi connectivity index (χ1) is 11.9. The van der Waals surface area contributed by atoms with Crippen LogP contribution in [0.15, 0.2) is 29.3 Å². The van der Waals surface area contributed by atoms with Crippen LogP contribution in [-0.4, -0.2) is 57.7 Å². The summed E-state index contributed by atoms with van der Waals surface area (Å²) in [6.45, 7) is 6.22. The average Bonchev–Trinajstić information content (AvgIpc) is 2.58. The molecule has 8 heteroatoms. The van der Waals surface area contributed by atoms with Crippen LogP contribution in [-0.2, 0) is 16.4 Å². The van der Waals surface area contributed by atoms with Gasteiger partial charge in [0.2, 0.25) is 10.0 Å². The summed E-state index contributed by atoms with van der Waals surface area (Å²) in [6.07, 6.45) is 1.53. The van der Waals surface area contributed by atoms with Crippen LogP contribution < -0.4 is 10.6 Å². The molecule has 0 aromatic heterocycles. The van der Waals surface area contributed by atoms with Crippen molar-refractivity contribution in [2.24, 2.45) is 4.99 Å². The maximum Gasteiger partial charge on any atom is 0.213 e. The minimum Gasteiger partial charge on any atom is -0.357 e. The van der Waals surface area contributed by atoms with Gasteiger partial charge in [0.1, 0.15) is 0 Å². The smallest absolute Gasteiger partial charge is 0.213 e. The van der Waals surface area contributed by atoms with Crippen molar-refractivity contribution in [2.45, 2.75) is 26.7 Å². The number of rotatable bonds is 10. The zero-order valence-electron chi connectivity index (χ0n) is 15.3. The van der Waals surface area contributed by atoms with E-state index in [9.17, 15) is 8.42 Å². The fourth-order valence-electron chi connectivity index (χ4n) is 2.20. The van der Waals surface area contributed by atoms with Gasteiger partial charge in [0, 0.05) is 38.2 Å². The molecule has 1 rings (SSSR count). The van der Waals surface area contributed by atoms with Gasteiger partial charge >= 0.3 is 0 Å². The molecule has 142 valence electrons. The number of sulfonamides is 1. The number of benzene rings is 1. The van der Waals surface area contributed by atoms with Gasteiger partial charge in [-0.1, -0.05) is 23.7 Å². The number of nitrogens with zero attached hydrogens (tertiary/aromatic N) is 2. The summed E-state index contributed by atoms with van der Waals surface area (Å²) < 4.78 is 24.8. The third kappa shape index (κ3) is 8.56. The van der Waals surface area contributed by atoms with E-state index in [0.717, 1.165) is 30.5 Å². The molecule has 0 aliphatic rings. The maximum absolute atomic E-state index is 11.7. The fraction of sp³-hybridized carbons (Fsp3) is 0.588. The van der Waals surface area contributed by atoms with Crippen molar-refractivity contribution in [2.75, 3.05) is 39.0 Å². The Morgan fingerprint density at radius 2 is 2.04 bits per heavy atom. The molecule has 2 N–H and O–H groups in total. The van der Waals surface area contributed by atoms with Crippen LogP contribution in [0.4, 0.5) is 0 Å². The molecule has 0 saturated heterocycles. The molecule has 6 nitrogen and oxygen atoms in total. The zero-order chi connectivity index (χ0) is 18.7. The summed E-state index contributed by atoms with van der Waals surface area (Å²) in [5.41, 5.74) is 1.17. The van der Waals surface area contributed by atoms with Gasteiger partial charge in [0.05, 0.1) is 5.75 Å². The SMILES string of the molecule is CCNC(=NCCCN(C)S(=O)(=O)CC)NCCc1cccc(Cl)c1. The second-order valence-corrected chi connectivity index (χ2v) is 8.44. The molecule has 0 aliphatic heterocycles. The van der Waals surface area contributed by atoms with Crippen molar-refractivity contribution in [1.29, 1.82) is 0 Å². The van der Waals surface area contributed by atoms with E-state index in [1.807, 2.05) is 31.2 Å². The summed E-state index contributed by atoms with van der Waals surface area (Å²) >= 11 is 5.99. The summed E-state index contributed by atoms with van der Waals surface area (Å²) in [5.74, 6) is 0.867. The first-order valence-electron chi connectivity index (χ1n) is 8.59. The molecule has 0 heterocycles. The quantitative estimate of drug-likeness (QED) is 0.366. The minimum atomic E-state index is -3.11. The number of hydrogen-bond donors (Lipinski definition) is 2. The van der Waals surface area contributed by atoms with Crippen molar-refractivity contribution in [3.05, 3.63) is 34.9 Å². The summed E-state index contributed by atoms with van der Waals surface area (Å²) in [5, 5.41) is 7.21. The van der Waals surface area contributed by atoms with Gasteiger partial charge < -0.3 is 10.6 Å². The molecule has 0 amide bonds. The Bertz CT molecular complexity index is 650. The van der Waals surface area contributed by atoms with Gasteiger partial charge in [0.15, 0.2) is 5.96 Å². The Labute approximate surface area is 156 Å². The van der Waals surface area contributed by atoms with E-state index in [4.69, 9.17) is 11.6 Å². The Hall–Kier alpha value is -1.31. The lowest BCUT2D eigenvalue weighted by Crippen LogP contribution is -2.38. The molecule has 1 aromatic carbocycles. The van der Waals surface area contributed by atoms with Gasteiger partial charge in [-0.2, -0.15) is 0 Å². The van der Waals surface area contributed by atoms with Crippen molar-refractivity contribution in [3.63, 3.8) is 0 Å². The first-order valence-corrected chi connectivity index (χ1v) is 10.6. The monoisotopic (exact) mass is 388 g/mol. The predicted octanol–water partition coefficient (Wildman–Crippen LogP) is 2.11. The van der Waals surface area contributed by atoms with Crippen LogP contribution in [0.2, 0.25) is 5.02 Å². The molecular formula is C17H29ClN4O2S. The van der Waals surface area contributed by atoms with Gasteiger partial charge in [-0.25, -0.2) is 12.7 Å². The Balaban J connectivity index is 2.40. The molecule has 1 aromatic rings. The summed E-state index contributed by atoms with van der Waals surface area (Å²) in [4.78, 5) is 4.49. The molecular weight excluding hydrogens is 360 g/mol. The standard InChI is InChI=1S/C17H29ClN4O2S/c1-4-19-17(20-11-7-13-22(3)25(23,24)5-2)21-12-10-15-8-6-9-16(18)14-15/h6,8-9,14H,4-5,7,10-13H2,1-3H3,(H2,19,20,21). The highest BCUT2D eigenvalue weighted by Gasteiger charge is 2.13. The number of nitrogens with one attached hydrogen (secondary N) is 2. The highest BCUT2D eigenvalue weighted by Crippen LogP contribution is 2.10. The molecule has 0 atom stereocenters. The molecule has 0 unspecified atom stereocenters. The molecule has 0 fully saturated rings. The lowest BCUT2D eigenvalue weighted by molar-refractivity contribution is 0.465. The van der Waals surface area contributed by atoms with E-state index in [-0.39, 0.29) is 5.75 Å². The van der Waals surface area contributed by atoms with Crippen molar-refractivity contribution < 1.29 is 8.42 Å². The predicted molar refractivity (Wildman–Crippen MR) is 106 cm³/mol. The largest absolute Gasteiger partial charge is 0.357 e.